The number of hydrogen-bond acceptors (Lipinski definition) is 5. The summed E-state index contributed by atoms with van der Waals surface area (Å²) in [4.78, 5) is 14.3. The molecule has 0 radical (unpaired) electrons. The van der Waals surface area contributed by atoms with E-state index in [0.29, 0.717) is 11.5 Å². The summed E-state index contributed by atoms with van der Waals surface area (Å²) < 4.78 is 10.6. The van der Waals surface area contributed by atoms with Crippen LogP contribution in [0, 0.1) is 0 Å². The molecule has 0 aromatic heterocycles. The van der Waals surface area contributed by atoms with Gasteiger partial charge in [-0.1, -0.05) is 24.3 Å². The fourth-order valence-electron chi connectivity index (χ4n) is 3.02. The van der Waals surface area contributed by atoms with Crippen LogP contribution in [0.1, 0.15) is 24.8 Å². The highest BCUT2D eigenvalue weighted by molar-refractivity contribution is 5.83. The zero-order chi connectivity index (χ0) is 18.9. The fourth-order valence-corrected chi connectivity index (χ4v) is 3.02. The van der Waals surface area contributed by atoms with Gasteiger partial charge in [-0.2, -0.15) is 5.10 Å². The zero-order valence-corrected chi connectivity index (χ0v) is 15.6. The first-order chi connectivity index (χ1) is 13.3. The van der Waals surface area contributed by atoms with Crippen LogP contribution in [0.25, 0.3) is 0 Å². The zero-order valence-electron chi connectivity index (χ0n) is 15.6. The lowest BCUT2D eigenvalue weighted by molar-refractivity contribution is -0.123. The van der Waals surface area contributed by atoms with Crippen molar-refractivity contribution in [1.29, 1.82) is 0 Å². The van der Waals surface area contributed by atoms with Crippen molar-refractivity contribution in [1.82, 2.24) is 5.43 Å². The minimum Gasteiger partial charge on any atom is -0.493 e. The Morgan fingerprint density at radius 2 is 1.78 bits per heavy atom. The van der Waals surface area contributed by atoms with E-state index in [1.807, 2.05) is 24.3 Å². The minimum atomic E-state index is -0.331. The van der Waals surface area contributed by atoms with Gasteiger partial charge < -0.3 is 14.4 Å². The smallest absolute Gasteiger partial charge is 0.277 e. The first kappa shape index (κ1) is 18.8. The van der Waals surface area contributed by atoms with Crippen LogP contribution in [-0.4, -0.2) is 38.9 Å². The lowest BCUT2D eigenvalue weighted by Crippen LogP contribution is -2.29. The number of carbonyl (C=O) groups excluding carboxylic acids is 1. The van der Waals surface area contributed by atoms with Gasteiger partial charge in [0, 0.05) is 18.8 Å². The van der Waals surface area contributed by atoms with Crippen molar-refractivity contribution < 1.29 is 14.3 Å². The molecule has 0 bridgehead atoms. The van der Waals surface area contributed by atoms with Crippen molar-refractivity contribution in [3.05, 3.63) is 54.1 Å². The first-order valence-corrected chi connectivity index (χ1v) is 9.19. The van der Waals surface area contributed by atoms with Gasteiger partial charge in [0.1, 0.15) is 0 Å². The molecule has 2 aromatic carbocycles. The quantitative estimate of drug-likeness (QED) is 0.603. The fraction of sp³-hybridized carbons (Fsp3) is 0.333. The molecule has 1 N–H and O–H groups in total. The van der Waals surface area contributed by atoms with Crippen LogP contribution in [0.5, 0.6) is 11.5 Å². The number of anilines is 1. The van der Waals surface area contributed by atoms with Gasteiger partial charge in [-0.05, 0) is 49.1 Å². The molecule has 1 fully saturated rings. The number of rotatable bonds is 7. The molecule has 6 heteroatoms. The molecule has 3 rings (SSSR count). The van der Waals surface area contributed by atoms with E-state index >= 15 is 0 Å². The second kappa shape index (κ2) is 9.62. The maximum atomic E-state index is 11.9. The maximum Gasteiger partial charge on any atom is 0.277 e. The Morgan fingerprint density at radius 1 is 1.07 bits per heavy atom. The predicted octanol–water partition coefficient (Wildman–Crippen LogP) is 3.21. The van der Waals surface area contributed by atoms with Crippen molar-refractivity contribution in [3.63, 3.8) is 0 Å². The molecule has 27 heavy (non-hydrogen) atoms. The second-order valence-corrected chi connectivity index (χ2v) is 6.37. The van der Waals surface area contributed by atoms with Crippen LogP contribution >= 0.6 is 0 Å². The third-order valence-electron chi connectivity index (χ3n) is 4.45. The number of carbonyl (C=O) groups is 1. The molecule has 0 atom stereocenters. The summed E-state index contributed by atoms with van der Waals surface area (Å²) in [5.41, 5.74) is 4.64. The van der Waals surface area contributed by atoms with Gasteiger partial charge in [-0.3, -0.25) is 4.79 Å². The van der Waals surface area contributed by atoms with Crippen molar-refractivity contribution in [2.75, 3.05) is 31.7 Å². The largest absolute Gasteiger partial charge is 0.493 e. The molecule has 2 aromatic rings. The number of ether oxygens (including phenoxy) is 2. The number of hydrazone groups is 1. The van der Waals surface area contributed by atoms with E-state index in [4.69, 9.17) is 9.47 Å². The highest BCUT2D eigenvalue weighted by atomic mass is 16.5. The van der Waals surface area contributed by atoms with Crippen LogP contribution in [0.3, 0.4) is 0 Å². The summed E-state index contributed by atoms with van der Waals surface area (Å²) in [5, 5.41) is 3.99. The number of hydrogen-bond donors (Lipinski definition) is 1. The predicted molar refractivity (Wildman–Crippen MR) is 107 cm³/mol. The number of para-hydroxylation sites is 2. The maximum absolute atomic E-state index is 11.9. The Labute approximate surface area is 159 Å². The highest BCUT2D eigenvalue weighted by Gasteiger charge is 2.10. The molecule has 0 spiro atoms. The average Bonchev–Trinajstić information content (AvgIpc) is 2.73. The Kier molecular flexibility index (Phi) is 6.68. The van der Waals surface area contributed by atoms with Gasteiger partial charge in [0.05, 0.1) is 13.3 Å². The summed E-state index contributed by atoms with van der Waals surface area (Å²) in [5.74, 6) is 0.775. The summed E-state index contributed by atoms with van der Waals surface area (Å²) in [6.07, 6.45) is 5.46. The number of amides is 1. The van der Waals surface area contributed by atoms with Crippen molar-refractivity contribution >= 4 is 17.8 Å². The number of piperidine rings is 1. The Bertz CT molecular complexity index is 768. The summed E-state index contributed by atoms with van der Waals surface area (Å²) in [6.45, 7) is 2.11. The summed E-state index contributed by atoms with van der Waals surface area (Å²) in [6, 6.07) is 15.4. The van der Waals surface area contributed by atoms with Crippen LogP contribution in [0.15, 0.2) is 53.6 Å². The van der Waals surface area contributed by atoms with Gasteiger partial charge in [0.2, 0.25) is 0 Å². The van der Waals surface area contributed by atoms with E-state index in [1.165, 1.54) is 24.9 Å². The number of nitrogens with one attached hydrogen (secondary N) is 1. The lowest BCUT2D eigenvalue weighted by atomic mass is 10.1. The van der Waals surface area contributed by atoms with Gasteiger partial charge in [0.15, 0.2) is 18.1 Å². The molecule has 1 aliphatic heterocycles. The van der Waals surface area contributed by atoms with Gasteiger partial charge in [0.25, 0.3) is 5.91 Å². The molecule has 1 amide bonds. The van der Waals surface area contributed by atoms with E-state index in [9.17, 15) is 4.79 Å². The van der Waals surface area contributed by atoms with Gasteiger partial charge in [-0.15, -0.1) is 0 Å². The van der Waals surface area contributed by atoms with E-state index in [2.05, 4.69) is 27.6 Å². The molecule has 1 heterocycles. The summed E-state index contributed by atoms with van der Waals surface area (Å²) >= 11 is 0. The molecule has 0 aliphatic carbocycles. The molecule has 142 valence electrons. The van der Waals surface area contributed by atoms with Crippen molar-refractivity contribution in [2.24, 2.45) is 5.10 Å². The second-order valence-electron chi connectivity index (χ2n) is 6.37. The average molecular weight is 367 g/mol. The molecular weight excluding hydrogens is 342 g/mol. The van der Waals surface area contributed by atoms with E-state index < -0.39 is 0 Å². The standard InChI is InChI=1S/C21H25N3O3/c1-26-19-7-3-4-8-20(19)27-16-21(25)23-22-15-17-9-11-18(12-10-17)24-13-5-2-6-14-24/h3-4,7-12,15H,2,5-6,13-14,16H2,1H3,(H,23,25)/b22-15-. The normalized spacial score (nSPS) is 14.2. The molecule has 0 saturated carbocycles. The van der Waals surface area contributed by atoms with Crippen molar-refractivity contribution in [3.8, 4) is 11.5 Å². The van der Waals surface area contributed by atoms with Gasteiger partial charge in [-0.25, -0.2) is 5.43 Å². The molecule has 0 unspecified atom stereocenters. The number of benzene rings is 2. The van der Waals surface area contributed by atoms with Gasteiger partial charge >= 0.3 is 0 Å². The van der Waals surface area contributed by atoms with E-state index in [-0.39, 0.29) is 12.5 Å². The Hall–Kier alpha value is -3.02. The topological polar surface area (TPSA) is 63.2 Å². The van der Waals surface area contributed by atoms with Crippen LogP contribution in [-0.2, 0) is 4.79 Å². The minimum absolute atomic E-state index is 0.133. The van der Waals surface area contributed by atoms with E-state index in [1.54, 1.807) is 25.5 Å². The summed E-state index contributed by atoms with van der Waals surface area (Å²) in [7, 11) is 1.56. The Morgan fingerprint density at radius 3 is 2.48 bits per heavy atom. The first-order valence-electron chi connectivity index (χ1n) is 9.19. The lowest BCUT2D eigenvalue weighted by Gasteiger charge is -2.28. The Balaban J connectivity index is 1.46. The van der Waals surface area contributed by atoms with Crippen molar-refractivity contribution in [2.45, 2.75) is 19.3 Å². The third-order valence-corrected chi connectivity index (χ3v) is 4.45. The molecule has 1 aliphatic rings. The number of methoxy groups -OCH3 is 1. The van der Waals surface area contributed by atoms with E-state index in [0.717, 1.165) is 18.7 Å². The monoisotopic (exact) mass is 367 g/mol. The number of nitrogens with zero attached hydrogens (tertiary/aromatic N) is 2. The van der Waals surface area contributed by atoms with Crippen LogP contribution in [0.2, 0.25) is 0 Å². The van der Waals surface area contributed by atoms with Crippen LogP contribution in [0.4, 0.5) is 5.69 Å². The highest BCUT2D eigenvalue weighted by Crippen LogP contribution is 2.25. The van der Waals surface area contributed by atoms with Crippen LogP contribution < -0.4 is 19.8 Å². The third kappa shape index (κ3) is 5.48. The molecule has 1 saturated heterocycles. The SMILES string of the molecule is COc1ccccc1OCC(=O)N/N=C\c1ccc(N2CCCCC2)cc1. The molecule has 6 nitrogen and oxygen atoms in total. The molecular formula is C21H25N3O3.